The van der Waals surface area contributed by atoms with Crippen molar-refractivity contribution in [1.29, 1.82) is 0 Å². The molecule has 0 N–H and O–H groups in total. The number of hydrogen-bond donors (Lipinski definition) is 0. The fourth-order valence-electron chi connectivity index (χ4n) is 2.12. The number of β-lactam (4-membered cyclic amide) rings is 1. The van der Waals surface area contributed by atoms with Crippen molar-refractivity contribution in [3.8, 4) is 0 Å². The van der Waals surface area contributed by atoms with Crippen LogP contribution in [-0.4, -0.2) is 28.5 Å². The zero-order valence-corrected chi connectivity index (χ0v) is 9.90. The largest absolute Gasteiger partial charge is 0.443 e. The molecule has 0 aromatic heterocycles. The van der Waals surface area contributed by atoms with Gasteiger partial charge in [0.1, 0.15) is 5.60 Å². The number of nitrogens with zero attached hydrogens (tertiary/aromatic N) is 1. The maximum Gasteiger partial charge on any atom is 0.417 e. The van der Waals surface area contributed by atoms with Gasteiger partial charge in [0.25, 0.3) is 0 Å². The Labute approximate surface area is 95.2 Å². The molecule has 2 rings (SSSR count). The van der Waals surface area contributed by atoms with Gasteiger partial charge in [0.2, 0.25) is 5.91 Å². The third-order valence-electron chi connectivity index (χ3n) is 2.83. The summed E-state index contributed by atoms with van der Waals surface area (Å²) < 4.78 is 5.19. The SMILES string of the molecule is CC(C)(C)OC(=O)N1C(=O)[C@H]2CCC=C[C@@H]21. The van der Waals surface area contributed by atoms with Gasteiger partial charge in [-0.2, -0.15) is 0 Å². The van der Waals surface area contributed by atoms with E-state index >= 15 is 0 Å². The minimum absolute atomic E-state index is 0.00230. The molecule has 0 aromatic rings. The Bertz CT molecular complexity index is 354. The summed E-state index contributed by atoms with van der Waals surface area (Å²) in [5.74, 6) is -0.0962. The van der Waals surface area contributed by atoms with Crippen molar-refractivity contribution in [1.82, 2.24) is 4.90 Å². The summed E-state index contributed by atoms with van der Waals surface area (Å²) in [5, 5.41) is 0. The molecular weight excluding hydrogens is 206 g/mol. The van der Waals surface area contributed by atoms with E-state index in [0.717, 1.165) is 12.8 Å². The maximum absolute atomic E-state index is 11.8. The van der Waals surface area contributed by atoms with Crippen molar-refractivity contribution in [2.45, 2.75) is 45.3 Å². The highest BCUT2D eigenvalue weighted by molar-refractivity contribution is 6.00. The van der Waals surface area contributed by atoms with Gasteiger partial charge >= 0.3 is 6.09 Å². The molecule has 4 heteroatoms. The van der Waals surface area contributed by atoms with Gasteiger partial charge in [0, 0.05) is 0 Å². The number of rotatable bonds is 0. The molecule has 1 aliphatic carbocycles. The molecule has 2 aliphatic rings. The van der Waals surface area contributed by atoms with Crippen molar-refractivity contribution in [2.24, 2.45) is 5.92 Å². The topological polar surface area (TPSA) is 46.6 Å². The third-order valence-corrected chi connectivity index (χ3v) is 2.83. The van der Waals surface area contributed by atoms with Crippen LogP contribution in [0.5, 0.6) is 0 Å². The van der Waals surface area contributed by atoms with E-state index in [2.05, 4.69) is 0 Å². The molecule has 1 fully saturated rings. The highest BCUT2D eigenvalue weighted by atomic mass is 16.6. The predicted octanol–water partition coefficient (Wildman–Crippen LogP) is 2.10. The molecule has 2 amide bonds. The van der Waals surface area contributed by atoms with Gasteiger partial charge in [-0.25, -0.2) is 9.69 Å². The number of likely N-dealkylation sites (tertiary alicyclic amines) is 1. The Morgan fingerprint density at radius 2 is 2.19 bits per heavy atom. The molecular formula is C12H17NO3. The highest BCUT2D eigenvalue weighted by Gasteiger charge is 2.51. The summed E-state index contributed by atoms with van der Waals surface area (Å²) in [4.78, 5) is 24.7. The van der Waals surface area contributed by atoms with Gasteiger partial charge in [-0.3, -0.25) is 4.79 Å². The van der Waals surface area contributed by atoms with E-state index < -0.39 is 11.7 Å². The van der Waals surface area contributed by atoms with Crippen LogP contribution in [-0.2, 0) is 9.53 Å². The summed E-state index contributed by atoms with van der Waals surface area (Å²) >= 11 is 0. The molecule has 1 saturated heterocycles. The number of fused-ring (bicyclic) bond motifs is 1. The maximum atomic E-state index is 11.8. The Hall–Kier alpha value is -1.32. The summed E-state index contributed by atoms with van der Waals surface area (Å²) in [5.41, 5.74) is -0.555. The molecule has 0 radical (unpaired) electrons. The first-order valence-electron chi connectivity index (χ1n) is 5.63. The van der Waals surface area contributed by atoms with Crippen LogP contribution in [0.1, 0.15) is 33.6 Å². The van der Waals surface area contributed by atoms with Gasteiger partial charge in [-0.05, 0) is 33.6 Å². The smallest absolute Gasteiger partial charge is 0.417 e. The molecule has 88 valence electrons. The van der Waals surface area contributed by atoms with Crippen LogP contribution < -0.4 is 0 Å². The second kappa shape index (κ2) is 3.61. The normalized spacial score (nSPS) is 28.4. The summed E-state index contributed by atoms with van der Waals surface area (Å²) in [6, 6.07) is -0.0731. The first-order chi connectivity index (χ1) is 7.40. The molecule has 0 aromatic carbocycles. The fraction of sp³-hybridized carbons (Fsp3) is 0.667. The van der Waals surface area contributed by atoms with Crippen LogP contribution in [0.4, 0.5) is 4.79 Å². The Morgan fingerprint density at radius 3 is 2.81 bits per heavy atom. The lowest BCUT2D eigenvalue weighted by Gasteiger charge is -2.45. The average molecular weight is 223 g/mol. The van der Waals surface area contributed by atoms with E-state index in [9.17, 15) is 9.59 Å². The summed E-state index contributed by atoms with van der Waals surface area (Å²) in [6.45, 7) is 5.38. The lowest BCUT2D eigenvalue weighted by molar-refractivity contribution is -0.151. The molecule has 1 aliphatic heterocycles. The monoisotopic (exact) mass is 223 g/mol. The van der Waals surface area contributed by atoms with Crippen molar-refractivity contribution >= 4 is 12.0 Å². The van der Waals surface area contributed by atoms with Gasteiger partial charge < -0.3 is 4.74 Å². The number of amides is 2. The van der Waals surface area contributed by atoms with Gasteiger partial charge in [-0.15, -0.1) is 0 Å². The van der Waals surface area contributed by atoms with Gasteiger partial charge in [0.15, 0.2) is 0 Å². The van der Waals surface area contributed by atoms with Crippen LogP contribution in [0, 0.1) is 5.92 Å². The van der Waals surface area contributed by atoms with E-state index in [4.69, 9.17) is 4.74 Å². The van der Waals surface area contributed by atoms with Crippen molar-refractivity contribution in [3.63, 3.8) is 0 Å². The van der Waals surface area contributed by atoms with E-state index in [-0.39, 0.29) is 17.9 Å². The van der Waals surface area contributed by atoms with Crippen molar-refractivity contribution in [2.75, 3.05) is 0 Å². The van der Waals surface area contributed by atoms with E-state index in [1.165, 1.54) is 4.90 Å². The van der Waals surface area contributed by atoms with Crippen LogP contribution >= 0.6 is 0 Å². The molecule has 16 heavy (non-hydrogen) atoms. The zero-order chi connectivity index (χ0) is 11.9. The minimum Gasteiger partial charge on any atom is -0.443 e. The zero-order valence-electron chi connectivity index (χ0n) is 9.90. The first kappa shape index (κ1) is 11.2. The highest BCUT2D eigenvalue weighted by Crippen LogP contribution is 2.35. The molecule has 0 spiro atoms. The summed E-state index contributed by atoms with van der Waals surface area (Å²) in [6.07, 6.45) is 5.20. The fourth-order valence-corrected chi connectivity index (χ4v) is 2.12. The van der Waals surface area contributed by atoms with Crippen LogP contribution in [0.15, 0.2) is 12.2 Å². The Morgan fingerprint density at radius 1 is 1.50 bits per heavy atom. The number of imide groups is 1. The van der Waals surface area contributed by atoms with E-state index in [1.807, 2.05) is 12.2 Å². The van der Waals surface area contributed by atoms with Crippen molar-refractivity contribution in [3.05, 3.63) is 12.2 Å². The Kier molecular flexibility index (Phi) is 2.52. The van der Waals surface area contributed by atoms with E-state index in [0.29, 0.717) is 0 Å². The number of hydrogen-bond acceptors (Lipinski definition) is 3. The number of allylic oxidation sites excluding steroid dienone is 1. The molecule has 0 bridgehead atoms. The predicted molar refractivity (Wildman–Crippen MR) is 58.7 cm³/mol. The molecule has 2 atom stereocenters. The number of ether oxygens (including phenoxy) is 1. The number of carbonyl (C=O) groups excluding carboxylic acids is 2. The molecule has 0 unspecified atom stereocenters. The molecule has 4 nitrogen and oxygen atoms in total. The standard InChI is InChI=1S/C12H17NO3/c1-12(2,3)16-11(15)13-9-7-5-4-6-8(9)10(13)14/h5,7-9H,4,6H2,1-3H3/t8-,9-/m0/s1. The lowest BCUT2D eigenvalue weighted by atomic mass is 9.80. The Balaban J connectivity index is 2.05. The van der Waals surface area contributed by atoms with Crippen LogP contribution in [0.3, 0.4) is 0 Å². The summed E-state index contributed by atoms with van der Waals surface area (Å²) in [7, 11) is 0. The van der Waals surface area contributed by atoms with E-state index in [1.54, 1.807) is 20.8 Å². The van der Waals surface area contributed by atoms with Crippen molar-refractivity contribution < 1.29 is 14.3 Å². The van der Waals surface area contributed by atoms with Gasteiger partial charge in [0.05, 0.1) is 12.0 Å². The molecule has 0 saturated carbocycles. The molecule has 1 heterocycles. The first-order valence-corrected chi connectivity index (χ1v) is 5.63. The van der Waals surface area contributed by atoms with Gasteiger partial charge in [-0.1, -0.05) is 12.2 Å². The van der Waals surface area contributed by atoms with Crippen LogP contribution in [0.2, 0.25) is 0 Å². The lowest BCUT2D eigenvalue weighted by Crippen LogP contribution is -2.63. The second-order valence-electron chi connectivity index (χ2n) is 5.29. The quantitative estimate of drug-likeness (QED) is 0.466. The third kappa shape index (κ3) is 1.84. The average Bonchev–Trinajstić information content (AvgIpc) is 2.14. The number of carbonyl (C=O) groups is 2. The second-order valence-corrected chi connectivity index (χ2v) is 5.29. The minimum atomic E-state index is -0.555. The van der Waals surface area contributed by atoms with Crippen LogP contribution in [0.25, 0.3) is 0 Å².